The quantitative estimate of drug-likeness (QED) is 0.661. The highest BCUT2D eigenvalue weighted by Gasteiger charge is 2.25. The van der Waals surface area contributed by atoms with Crippen LogP contribution in [0.2, 0.25) is 0 Å². The molecule has 1 fully saturated rings. The molecule has 0 bridgehead atoms. The number of halogens is 1. The Balaban J connectivity index is 1.75. The molecule has 0 heterocycles. The summed E-state index contributed by atoms with van der Waals surface area (Å²) in [4.78, 5) is 9.99. The maximum Gasteiger partial charge on any atom is 0.272 e. The maximum atomic E-state index is 13.8. The summed E-state index contributed by atoms with van der Waals surface area (Å²) in [5.41, 5.74) is 2.51. The van der Waals surface area contributed by atoms with E-state index < -0.39 is 10.7 Å². The Kier molecular flexibility index (Phi) is 3.56. The Bertz CT molecular complexity index is 684. The smallest absolute Gasteiger partial charge is 0.272 e. The number of nitrogens with one attached hydrogen (secondary N) is 1. The summed E-state index contributed by atoms with van der Waals surface area (Å²) in [5.74, 6) is 0.0258. The van der Waals surface area contributed by atoms with Crippen LogP contribution < -0.4 is 5.32 Å². The first-order valence-corrected chi connectivity index (χ1v) is 6.91. The fraction of sp³-hybridized carbons (Fsp3) is 0.250. The Morgan fingerprint density at radius 3 is 2.67 bits per heavy atom. The Labute approximate surface area is 121 Å². The molecule has 2 aromatic carbocycles. The van der Waals surface area contributed by atoms with Crippen molar-refractivity contribution < 1.29 is 9.31 Å². The van der Waals surface area contributed by atoms with E-state index in [0.717, 1.165) is 11.6 Å². The molecular formula is C16H15FN2O2. The number of anilines is 1. The molecule has 21 heavy (non-hydrogen) atoms. The average molecular weight is 286 g/mol. The molecule has 0 amide bonds. The summed E-state index contributed by atoms with van der Waals surface area (Å²) in [7, 11) is 0. The van der Waals surface area contributed by atoms with Crippen LogP contribution in [0.3, 0.4) is 0 Å². The predicted octanol–water partition coefficient (Wildman–Crippen LogP) is 4.22. The monoisotopic (exact) mass is 286 g/mol. The lowest BCUT2D eigenvalue weighted by Gasteiger charge is -2.11. The molecule has 2 aromatic rings. The number of rotatable bonds is 5. The third kappa shape index (κ3) is 3.02. The minimum absolute atomic E-state index is 0.239. The second-order valence-electron chi connectivity index (χ2n) is 5.25. The topological polar surface area (TPSA) is 55.2 Å². The highest BCUT2D eigenvalue weighted by molar-refractivity contribution is 5.51. The van der Waals surface area contributed by atoms with E-state index >= 15 is 0 Å². The summed E-state index contributed by atoms with van der Waals surface area (Å²) in [6, 6.07) is 11.8. The van der Waals surface area contributed by atoms with E-state index in [2.05, 4.69) is 11.4 Å². The maximum absolute atomic E-state index is 13.8. The molecule has 1 aliphatic rings. The van der Waals surface area contributed by atoms with Gasteiger partial charge in [-0.2, -0.15) is 0 Å². The van der Waals surface area contributed by atoms with Gasteiger partial charge in [0.05, 0.1) is 16.7 Å². The van der Waals surface area contributed by atoms with E-state index in [4.69, 9.17) is 0 Å². The summed E-state index contributed by atoms with van der Waals surface area (Å²) >= 11 is 0. The van der Waals surface area contributed by atoms with Gasteiger partial charge in [0.2, 0.25) is 0 Å². The number of benzene rings is 2. The summed E-state index contributed by atoms with van der Waals surface area (Å²) in [6.07, 6.45) is 2.42. The van der Waals surface area contributed by atoms with Crippen molar-refractivity contribution in [2.75, 3.05) is 5.32 Å². The van der Waals surface area contributed by atoms with Crippen molar-refractivity contribution in [1.82, 2.24) is 0 Å². The van der Waals surface area contributed by atoms with Crippen molar-refractivity contribution in [3.63, 3.8) is 0 Å². The zero-order chi connectivity index (χ0) is 14.8. The van der Waals surface area contributed by atoms with Gasteiger partial charge in [0.25, 0.3) is 5.69 Å². The van der Waals surface area contributed by atoms with E-state index in [1.165, 1.54) is 30.5 Å². The number of hydrogen-bond donors (Lipinski definition) is 1. The molecule has 4 nitrogen and oxygen atoms in total. The molecule has 108 valence electrons. The van der Waals surface area contributed by atoms with Gasteiger partial charge < -0.3 is 5.32 Å². The highest BCUT2D eigenvalue weighted by Crippen LogP contribution is 2.41. The van der Waals surface area contributed by atoms with Crippen molar-refractivity contribution in [3.8, 4) is 0 Å². The van der Waals surface area contributed by atoms with Crippen LogP contribution in [0.1, 0.15) is 29.9 Å². The molecule has 3 rings (SSSR count). The van der Waals surface area contributed by atoms with Gasteiger partial charge in [0, 0.05) is 12.6 Å². The van der Waals surface area contributed by atoms with E-state index in [0.29, 0.717) is 12.5 Å². The molecule has 0 aliphatic heterocycles. The van der Waals surface area contributed by atoms with Gasteiger partial charge in [0.15, 0.2) is 5.82 Å². The zero-order valence-corrected chi connectivity index (χ0v) is 11.4. The van der Waals surface area contributed by atoms with Gasteiger partial charge in [-0.05, 0) is 36.0 Å². The second-order valence-corrected chi connectivity index (χ2v) is 5.25. The van der Waals surface area contributed by atoms with Crippen LogP contribution in [0.5, 0.6) is 0 Å². The highest BCUT2D eigenvalue weighted by atomic mass is 19.1. The SMILES string of the molecule is O=[N+]([O-])c1ccc(NCc2ccccc2C2CC2)c(F)c1. The van der Waals surface area contributed by atoms with Crippen LogP contribution in [-0.4, -0.2) is 4.92 Å². The van der Waals surface area contributed by atoms with Crippen molar-refractivity contribution in [1.29, 1.82) is 0 Å². The summed E-state index contributed by atoms with van der Waals surface area (Å²) < 4.78 is 13.8. The van der Waals surface area contributed by atoms with Crippen LogP contribution >= 0.6 is 0 Å². The van der Waals surface area contributed by atoms with Gasteiger partial charge in [0.1, 0.15) is 0 Å². The number of nitro benzene ring substituents is 1. The lowest BCUT2D eigenvalue weighted by Crippen LogP contribution is -2.04. The van der Waals surface area contributed by atoms with Gasteiger partial charge in [-0.3, -0.25) is 10.1 Å². The second kappa shape index (κ2) is 5.52. The molecule has 0 saturated heterocycles. The zero-order valence-electron chi connectivity index (χ0n) is 11.4. The van der Waals surface area contributed by atoms with E-state index in [1.54, 1.807) is 0 Å². The first-order chi connectivity index (χ1) is 10.1. The third-order valence-electron chi connectivity index (χ3n) is 3.71. The molecule has 0 atom stereocenters. The fourth-order valence-electron chi connectivity index (χ4n) is 2.44. The molecule has 0 spiro atoms. The molecule has 5 heteroatoms. The number of hydrogen-bond acceptors (Lipinski definition) is 3. The Hall–Kier alpha value is -2.43. The number of nitro groups is 1. The van der Waals surface area contributed by atoms with Crippen molar-refractivity contribution in [2.45, 2.75) is 25.3 Å². The lowest BCUT2D eigenvalue weighted by atomic mass is 10.0. The van der Waals surface area contributed by atoms with Gasteiger partial charge in [-0.25, -0.2) is 4.39 Å². The first kappa shape index (κ1) is 13.5. The molecule has 0 radical (unpaired) electrons. The van der Waals surface area contributed by atoms with Crippen LogP contribution in [0.4, 0.5) is 15.8 Å². The standard InChI is InChI=1S/C16H15FN2O2/c17-15-9-13(19(20)21)7-8-16(15)18-10-12-3-1-2-4-14(12)11-5-6-11/h1-4,7-9,11,18H,5-6,10H2. The van der Waals surface area contributed by atoms with Gasteiger partial charge in [-0.1, -0.05) is 24.3 Å². The van der Waals surface area contributed by atoms with E-state index in [-0.39, 0.29) is 11.4 Å². The minimum Gasteiger partial charge on any atom is -0.379 e. The van der Waals surface area contributed by atoms with Crippen LogP contribution in [0.15, 0.2) is 42.5 Å². The molecular weight excluding hydrogens is 271 g/mol. The van der Waals surface area contributed by atoms with E-state index in [1.807, 2.05) is 18.2 Å². The Morgan fingerprint density at radius 2 is 2.00 bits per heavy atom. The lowest BCUT2D eigenvalue weighted by molar-refractivity contribution is -0.385. The normalized spacial score (nSPS) is 14.0. The largest absolute Gasteiger partial charge is 0.379 e. The van der Waals surface area contributed by atoms with Crippen molar-refractivity contribution in [3.05, 3.63) is 69.5 Å². The minimum atomic E-state index is -0.604. The Morgan fingerprint density at radius 1 is 1.24 bits per heavy atom. The van der Waals surface area contributed by atoms with Crippen LogP contribution in [0.25, 0.3) is 0 Å². The first-order valence-electron chi connectivity index (χ1n) is 6.91. The van der Waals surface area contributed by atoms with Crippen LogP contribution in [0, 0.1) is 15.9 Å². The van der Waals surface area contributed by atoms with Crippen molar-refractivity contribution in [2.24, 2.45) is 0 Å². The molecule has 1 aliphatic carbocycles. The number of non-ortho nitro benzene ring substituents is 1. The van der Waals surface area contributed by atoms with Gasteiger partial charge in [-0.15, -0.1) is 0 Å². The van der Waals surface area contributed by atoms with Crippen LogP contribution in [-0.2, 0) is 6.54 Å². The fourth-order valence-corrected chi connectivity index (χ4v) is 2.44. The molecule has 1 N–H and O–H groups in total. The van der Waals surface area contributed by atoms with Crippen molar-refractivity contribution >= 4 is 11.4 Å². The predicted molar refractivity (Wildman–Crippen MR) is 78.8 cm³/mol. The molecule has 0 unspecified atom stereocenters. The third-order valence-corrected chi connectivity index (χ3v) is 3.71. The van der Waals surface area contributed by atoms with Gasteiger partial charge >= 0.3 is 0 Å². The summed E-state index contributed by atoms with van der Waals surface area (Å²) in [5, 5.41) is 13.6. The van der Waals surface area contributed by atoms with E-state index in [9.17, 15) is 14.5 Å². The molecule has 0 aromatic heterocycles. The summed E-state index contributed by atoms with van der Waals surface area (Å²) in [6.45, 7) is 0.515. The molecule has 1 saturated carbocycles. The number of nitrogens with zero attached hydrogens (tertiary/aromatic N) is 1. The average Bonchev–Trinajstić information content (AvgIpc) is 3.30.